The highest BCUT2D eigenvalue weighted by Gasteiger charge is 2.27. The molecule has 0 radical (unpaired) electrons. The molecule has 0 aliphatic rings. The van der Waals surface area contributed by atoms with E-state index in [1.165, 1.54) is 17.5 Å². The summed E-state index contributed by atoms with van der Waals surface area (Å²) in [6.45, 7) is 2.02. The van der Waals surface area contributed by atoms with Crippen LogP contribution in [-0.4, -0.2) is 59.6 Å². The first-order valence-corrected chi connectivity index (χ1v) is 13.4. The van der Waals surface area contributed by atoms with Gasteiger partial charge in [0.15, 0.2) is 11.5 Å². The molecule has 0 aromatic heterocycles. The molecule has 37 heavy (non-hydrogen) atoms. The van der Waals surface area contributed by atoms with Crippen LogP contribution in [0.25, 0.3) is 0 Å². The Bertz CT molecular complexity index is 1300. The molecule has 0 spiro atoms. The minimum absolute atomic E-state index is 0.122. The molecule has 1 amide bonds. The van der Waals surface area contributed by atoms with Crippen LogP contribution in [0, 0.1) is 6.92 Å². The Balaban J connectivity index is 1.71. The molecule has 0 saturated heterocycles. The van der Waals surface area contributed by atoms with Gasteiger partial charge >= 0.3 is 0 Å². The van der Waals surface area contributed by atoms with Gasteiger partial charge in [-0.3, -0.25) is 4.79 Å². The second-order valence-corrected chi connectivity index (χ2v) is 10.4. The molecule has 8 nitrogen and oxygen atoms in total. The second kappa shape index (κ2) is 13.1. The van der Waals surface area contributed by atoms with Gasteiger partial charge in [-0.05, 0) is 66.8 Å². The van der Waals surface area contributed by atoms with E-state index in [2.05, 4.69) is 5.32 Å². The Morgan fingerprint density at radius 2 is 1.49 bits per heavy atom. The van der Waals surface area contributed by atoms with Crippen LogP contribution in [0.15, 0.2) is 71.6 Å². The van der Waals surface area contributed by atoms with Crippen molar-refractivity contribution in [3.8, 4) is 17.2 Å². The SMILES string of the molecule is COc1ccc(S(=O)(=O)N(CCc2ccccc2)CC(=O)NCCc2ccc(OC)c(OC)c2)cc1C. The Kier molecular flexibility index (Phi) is 9.93. The van der Waals surface area contributed by atoms with Crippen molar-refractivity contribution in [2.24, 2.45) is 0 Å². The highest BCUT2D eigenvalue weighted by Crippen LogP contribution is 2.27. The Hall–Kier alpha value is -3.56. The Morgan fingerprint density at radius 3 is 2.14 bits per heavy atom. The Labute approximate surface area is 219 Å². The molecule has 3 aromatic carbocycles. The molecule has 198 valence electrons. The lowest BCUT2D eigenvalue weighted by Gasteiger charge is -2.22. The van der Waals surface area contributed by atoms with Crippen LogP contribution in [0.4, 0.5) is 0 Å². The van der Waals surface area contributed by atoms with Crippen LogP contribution in [0.5, 0.6) is 17.2 Å². The number of benzene rings is 3. The number of hydrogen-bond acceptors (Lipinski definition) is 6. The van der Waals surface area contributed by atoms with Crippen LogP contribution in [-0.2, 0) is 27.7 Å². The average Bonchev–Trinajstić information content (AvgIpc) is 2.91. The third kappa shape index (κ3) is 7.47. The molecule has 0 unspecified atom stereocenters. The lowest BCUT2D eigenvalue weighted by Crippen LogP contribution is -2.42. The molecule has 0 aliphatic carbocycles. The summed E-state index contributed by atoms with van der Waals surface area (Å²) in [7, 11) is 0.755. The number of sulfonamides is 1. The summed E-state index contributed by atoms with van der Waals surface area (Å²) >= 11 is 0. The number of methoxy groups -OCH3 is 3. The van der Waals surface area contributed by atoms with Gasteiger partial charge in [0.1, 0.15) is 5.75 Å². The van der Waals surface area contributed by atoms with Crippen LogP contribution in [0.1, 0.15) is 16.7 Å². The summed E-state index contributed by atoms with van der Waals surface area (Å²) < 4.78 is 44.2. The van der Waals surface area contributed by atoms with E-state index < -0.39 is 10.0 Å². The largest absolute Gasteiger partial charge is 0.496 e. The first-order chi connectivity index (χ1) is 17.8. The van der Waals surface area contributed by atoms with Crippen molar-refractivity contribution >= 4 is 15.9 Å². The predicted molar refractivity (Wildman–Crippen MR) is 143 cm³/mol. The van der Waals surface area contributed by atoms with Gasteiger partial charge in [0.2, 0.25) is 15.9 Å². The number of nitrogens with zero attached hydrogens (tertiary/aromatic N) is 1. The van der Waals surface area contributed by atoms with Gasteiger partial charge in [-0.2, -0.15) is 4.31 Å². The number of nitrogens with one attached hydrogen (secondary N) is 1. The zero-order valence-electron chi connectivity index (χ0n) is 21.7. The maximum absolute atomic E-state index is 13.5. The maximum atomic E-state index is 13.5. The number of carbonyl (C=O) groups excluding carboxylic acids is 1. The van der Waals surface area contributed by atoms with Gasteiger partial charge in [0, 0.05) is 13.1 Å². The summed E-state index contributed by atoms with van der Waals surface area (Å²) in [5.74, 6) is 1.47. The van der Waals surface area contributed by atoms with E-state index in [1.54, 1.807) is 33.3 Å². The van der Waals surface area contributed by atoms with E-state index in [-0.39, 0.29) is 23.9 Å². The lowest BCUT2D eigenvalue weighted by atomic mass is 10.1. The molecule has 0 aliphatic heterocycles. The van der Waals surface area contributed by atoms with Crippen molar-refractivity contribution in [1.29, 1.82) is 0 Å². The summed E-state index contributed by atoms with van der Waals surface area (Å²) in [5.41, 5.74) is 2.65. The topological polar surface area (TPSA) is 94.2 Å². The summed E-state index contributed by atoms with van der Waals surface area (Å²) in [6.07, 6.45) is 1.04. The first-order valence-electron chi connectivity index (χ1n) is 11.9. The van der Waals surface area contributed by atoms with Crippen molar-refractivity contribution in [1.82, 2.24) is 9.62 Å². The molecule has 0 saturated carbocycles. The zero-order valence-corrected chi connectivity index (χ0v) is 22.5. The van der Waals surface area contributed by atoms with E-state index >= 15 is 0 Å². The number of rotatable bonds is 13. The van der Waals surface area contributed by atoms with Gasteiger partial charge in [-0.25, -0.2) is 8.42 Å². The van der Waals surface area contributed by atoms with Crippen molar-refractivity contribution < 1.29 is 27.4 Å². The summed E-state index contributed by atoms with van der Waals surface area (Å²) in [4.78, 5) is 13.0. The monoisotopic (exact) mass is 526 g/mol. The highest BCUT2D eigenvalue weighted by atomic mass is 32.2. The minimum atomic E-state index is -3.92. The number of aryl methyl sites for hydroxylation is 1. The van der Waals surface area contributed by atoms with E-state index in [9.17, 15) is 13.2 Å². The zero-order chi connectivity index (χ0) is 26.8. The molecule has 0 heterocycles. The van der Waals surface area contributed by atoms with Crippen LogP contribution in [0.3, 0.4) is 0 Å². The fourth-order valence-corrected chi connectivity index (χ4v) is 5.42. The van der Waals surface area contributed by atoms with Gasteiger partial charge in [0.05, 0.1) is 32.8 Å². The molecule has 0 atom stereocenters. The standard InChI is InChI=1S/C28H34N2O6S/c1-21-18-24(11-13-25(21)34-2)37(32,33)30(17-15-22-8-6-5-7-9-22)20-28(31)29-16-14-23-10-12-26(35-3)27(19-23)36-4/h5-13,18-19H,14-17,20H2,1-4H3,(H,29,31). The smallest absolute Gasteiger partial charge is 0.243 e. The number of hydrogen-bond donors (Lipinski definition) is 1. The quantitative estimate of drug-likeness (QED) is 0.366. The summed E-state index contributed by atoms with van der Waals surface area (Å²) in [5, 5.41) is 2.84. The minimum Gasteiger partial charge on any atom is -0.496 e. The lowest BCUT2D eigenvalue weighted by molar-refractivity contribution is -0.121. The molecule has 9 heteroatoms. The van der Waals surface area contributed by atoms with E-state index in [0.29, 0.717) is 42.2 Å². The fourth-order valence-electron chi connectivity index (χ4n) is 3.94. The molecule has 0 bridgehead atoms. The summed E-state index contributed by atoms with van der Waals surface area (Å²) in [6, 6.07) is 19.9. The number of amides is 1. The first kappa shape index (κ1) is 28.0. The van der Waals surface area contributed by atoms with Crippen molar-refractivity contribution in [3.05, 3.63) is 83.4 Å². The molecule has 3 aromatic rings. The van der Waals surface area contributed by atoms with Gasteiger partial charge in [-0.1, -0.05) is 36.4 Å². The van der Waals surface area contributed by atoms with Gasteiger partial charge < -0.3 is 19.5 Å². The van der Waals surface area contributed by atoms with Crippen LogP contribution < -0.4 is 19.5 Å². The molecule has 1 N–H and O–H groups in total. The Morgan fingerprint density at radius 1 is 0.811 bits per heavy atom. The van der Waals surface area contributed by atoms with Crippen LogP contribution in [0.2, 0.25) is 0 Å². The average molecular weight is 527 g/mol. The van der Waals surface area contributed by atoms with Crippen LogP contribution >= 0.6 is 0 Å². The highest BCUT2D eigenvalue weighted by molar-refractivity contribution is 7.89. The molecular weight excluding hydrogens is 492 g/mol. The third-order valence-electron chi connectivity index (χ3n) is 6.00. The maximum Gasteiger partial charge on any atom is 0.243 e. The molecular formula is C28H34N2O6S. The van der Waals surface area contributed by atoms with Crippen molar-refractivity contribution in [3.63, 3.8) is 0 Å². The van der Waals surface area contributed by atoms with Crippen molar-refractivity contribution in [2.75, 3.05) is 41.0 Å². The van der Waals surface area contributed by atoms with E-state index in [0.717, 1.165) is 11.1 Å². The molecule has 3 rings (SSSR count). The van der Waals surface area contributed by atoms with Gasteiger partial charge in [-0.15, -0.1) is 0 Å². The normalized spacial score (nSPS) is 11.3. The second-order valence-electron chi connectivity index (χ2n) is 8.49. The predicted octanol–water partition coefficient (Wildman–Crippen LogP) is 3.61. The number of ether oxygens (including phenoxy) is 3. The van der Waals surface area contributed by atoms with Crippen molar-refractivity contribution in [2.45, 2.75) is 24.7 Å². The van der Waals surface area contributed by atoms with E-state index in [4.69, 9.17) is 14.2 Å². The number of carbonyl (C=O) groups is 1. The third-order valence-corrected chi connectivity index (χ3v) is 7.84. The fraction of sp³-hybridized carbons (Fsp3) is 0.321. The van der Waals surface area contributed by atoms with Gasteiger partial charge in [0.25, 0.3) is 0 Å². The van der Waals surface area contributed by atoms with E-state index in [1.807, 2.05) is 48.5 Å². The molecule has 0 fully saturated rings.